The smallest absolute Gasteiger partial charge is 0.154 e. The first-order chi connectivity index (χ1) is 17.6. The summed E-state index contributed by atoms with van der Waals surface area (Å²) in [6.45, 7) is 2.41. The number of ether oxygens (including phenoxy) is 1. The number of aromatic nitrogens is 3. The monoisotopic (exact) mass is 474 g/mol. The lowest BCUT2D eigenvalue weighted by Crippen LogP contribution is -2.30. The van der Waals surface area contributed by atoms with Crippen LogP contribution in [-0.4, -0.2) is 27.8 Å². The summed E-state index contributed by atoms with van der Waals surface area (Å²) in [5.41, 5.74) is 13.0. The number of nitrogens with one attached hydrogen (secondary N) is 1. The van der Waals surface area contributed by atoms with Crippen LogP contribution in [0.4, 0.5) is 0 Å². The molecule has 3 aromatic heterocycles. The number of H-pyrrole nitrogens is 1. The Labute approximate surface area is 208 Å². The van der Waals surface area contributed by atoms with Gasteiger partial charge >= 0.3 is 0 Å². The van der Waals surface area contributed by atoms with Crippen LogP contribution >= 0.6 is 0 Å². The van der Waals surface area contributed by atoms with E-state index in [1.54, 1.807) is 6.20 Å². The number of furan rings is 1. The van der Waals surface area contributed by atoms with Crippen molar-refractivity contribution in [1.82, 2.24) is 15.2 Å². The van der Waals surface area contributed by atoms with Gasteiger partial charge in [0, 0.05) is 28.1 Å². The molecule has 0 saturated carbocycles. The number of hydrogen-bond donors (Lipinski definition) is 2. The zero-order valence-corrected chi connectivity index (χ0v) is 19.9. The average molecular weight is 475 g/mol. The van der Waals surface area contributed by atoms with Crippen LogP contribution in [0.3, 0.4) is 0 Å². The number of aromatic amines is 1. The SMILES string of the molecule is Cc1[nH]nc2ccc(-c3cc(OC[C@@H](N)Cc4ccccc4)cnc3-c3cc4ccccc4o3)cc12. The zero-order chi connectivity index (χ0) is 24.5. The number of benzene rings is 3. The summed E-state index contributed by atoms with van der Waals surface area (Å²) >= 11 is 0. The van der Waals surface area contributed by atoms with Crippen LogP contribution in [-0.2, 0) is 6.42 Å². The van der Waals surface area contributed by atoms with E-state index in [1.165, 1.54) is 5.56 Å². The van der Waals surface area contributed by atoms with Crippen molar-refractivity contribution < 1.29 is 9.15 Å². The highest BCUT2D eigenvalue weighted by Crippen LogP contribution is 2.37. The van der Waals surface area contributed by atoms with E-state index in [4.69, 9.17) is 19.9 Å². The quantitative estimate of drug-likeness (QED) is 0.284. The molecule has 6 nitrogen and oxygen atoms in total. The Bertz CT molecular complexity index is 1620. The minimum atomic E-state index is -0.129. The van der Waals surface area contributed by atoms with Crippen LogP contribution in [0, 0.1) is 6.92 Å². The summed E-state index contributed by atoms with van der Waals surface area (Å²) in [6.07, 6.45) is 2.48. The predicted molar refractivity (Wildman–Crippen MR) is 143 cm³/mol. The number of pyridine rings is 1. The van der Waals surface area contributed by atoms with Crippen molar-refractivity contribution in [2.75, 3.05) is 6.61 Å². The second-order valence-electron chi connectivity index (χ2n) is 9.06. The van der Waals surface area contributed by atoms with Crippen LogP contribution in [0.2, 0.25) is 0 Å². The van der Waals surface area contributed by atoms with Crippen molar-refractivity contribution in [3.8, 4) is 28.3 Å². The lowest BCUT2D eigenvalue weighted by molar-refractivity contribution is 0.287. The Morgan fingerprint density at radius 3 is 2.67 bits per heavy atom. The highest BCUT2D eigenvalue weighted by atomic mass is 16.5. The number of para-hydroxylation sites is 1. The number of rotatable bonds is 7. The minimum absolute atomic E-state index is 0.129. The van der Waals surface area contributed by atoms with Gasteiger partial charge in [0.15, 0.2) is 5.76 Å². The normalized spacial score (nSPS) is 12.3. The van der Waals surface area contributed by atoms with E-state index < -0.39 is 0 Å². The van der Waals surface area contributed by atoms with Crippen molar-refractivity contribution in [3.05, 3.63) is 102 Å². The summed E-state index contributed by atoms with van der Waals surface area (Å²) in [6, 6.07) is 28.3. The molecular formula is C30H26N4O2. The van der Waals surface area contributed by atoms with E-state index in [0.29, 0.717) is 18.1 Å². The Morgan fingerprint density at radius 1 is 0.972 bits per heavy atom. The molecule has 178 valence electrons. The first kappa shape index (κ1) is 22.1. The number of aryl methyl sites for hydroxylation is 1. The van der Waals surface area contributed by atoms with E-state index in [9.17, 15) is 0 Å². The van der Waals surface area contributed by atoms with Crippen molar-refractivity contribution in [3.63, 3.8) is 0 Å². The minimum Gasteiger partial charge on any atom is -0.490 e. The van der Waals surface area contributed by atoms with E-state index in [0.717, 1.165) is 50.8 Å². The van der Waals surface area contributed by atoms with Gasteiger partial charge in [0.1, 0.15) is 23.6 Å². The molecule has 0 spiro atoms. The van der Waals surface area contributed by atoms with E-state index in [1.807, 2.05) is 67.6 Å². The molecule has 0 fully saturated rings. The summed E-state index contributed by atoms with van der Waals surface area (Å²) < 4.78 is 12.3. The molecule has 36 heavy (non-hydrogen) atoms. The Balaban J connectivity index is 1.36. The molecule has 3 N–H and O–H groups in total. The first-order valence-corrected chi connectivity index (χ1v) is 12.0. The molecule has 0 radical (unpaired) electrons. The largest absolute Gasteiger partial charge is 0.490 e. The molecule has 0 amide bonds. The van der Waals surface area contributed by atoms with Gasteiger partial charge in [-0.25, -0.2) is 4.98 Å². The third-order valence-corrected chi connectivity index (χ3v) is 6.38. The first-order valence-electron chi connectivity index (χ1n) is 12.0. The molecule has 0 aliphatic heterocycles. The lowest BCUT2D eigenvalue weighted by Gasteiger charge is -2.15. The molecule has 6 rings (SSSR count). The van der Waals surface area contributed by atoms with Gasteiger partial charge in [0.25, 0.3) is 0 Å². The maximum Gasteiger partial charge on any atom is 0.154 e. The number of hydrogen-bond acceptors (Lipinski definition) is 5. The van der Waals surface area contributed by atoms with Crippen molar-refractivity contribution >= 4 is 21.9 Å². The van der Waals surface area contributed by atoms with E-state index in [2.05, 4.69) is 34.5 Å². The van der Waals surface area contributed by atoms with Crippen molar-refractivity contribution in [2.45, 2.75) is 19.4 Å². The molecule has 0 unspecified atom stereocenters. The highest BCUT2D eigenvalue weighted by Gasteiger charge is 2.17. The summed E-state index contributed by atoms with van der Waals surface area (Å²) in [4.78, 5) is 4.79. The molecule has 1 atom stereocenters. The fourth-order valence-electron chi connectivity index (χ4n) is 4.52. The Kier molecular flexibility index (Phi) is 5.71. The third kappa shape index (κ3) is 4.34. The molecule has 3 heterocycles. The maximum absolute atomic E-state index is 6.36. The van der Waals surface area contributed by atoms with Gasteiger partial charge in [-0.05, 0) is 54.8 Å². The summed E-state index contributed by atoms with van der Waals surface area (Å²) in [5.74, 6) is 1.37. The number of nitrogens with zero attached hydrogens (tertiary/aromatic N) is 2. The lowest BCUT2D eigenvalue weighted by atomic mass is 10.00. The summed E-state index contributed by atoms with van der Waals surface area (Å²) in [5, 5.41) is 9.53. The van der Waals surface area contributed by atoms with Gasteiger partial charge in [-0.3, -0.25) is 5.10 Å². The number of nitrogens with two attached hydrogens (primary N) is 1. The van der Waals surface area contributed by atoms with Gasteiger partial charge in [0.2, 0.25) is 0 Å². The number of fused-ring (bicyclic) bond motifs is 2. The molecule has 0 aliphatic rings. The van der Waals surface area contributed by atoms with Crippen molar-refractivity contribution in [2.24, 2.45) is 5.73 Å². The second-order valence-corrected chi connectivity index (χ2v) is 9.06. The molecule has 0 bridgehead atoms. The van der Waals surface area contributed by atoms with Gasteiger partial charge in [-0.2, -0.15) is 5.10 Å². The molecule has 3 aromatic carbocycles. The van der Waals surface area contributed by atoms with Gasteiger partial charge in [-0.15, -0.1) is 0 Å². The summed E-state index contributed by atoms with van der Waals surface area (Å²) in [7, 11) is 0. The van der Waals surface area contributed by atoms with Crippen LogP contribution < -0.4 is 10.5 Å². The zero-order valence-electron chi connectivity index (χ0n) is 19.9. The van der Waals surface area contributed by atoms with Crippen LogP contribution in [0.15, 0.2) is 95.5 Å². The van der Waals surface area contributed by atoms with Crippen LogP contribution in [0.5, 0.6) is 5.75 Å². The third-order valence-electron chi connectivity index (χ3n) is 6.38. The maximum atomic E-state index is 6.36. The second kappa shape index (κ2) is 9.32. The molecule has 0 saturated heterocycles. The highest BCUT2D eigenvalue weighted by molar-refractivity contribution is 5.91. The van der Waals surface area contributed by atoms with E-state index in [-0.39, 0.29) is 6.04 Å². The van der Waals surface area contributed by atoms with E-state index >= 15 is 0 Å². The Hall–Kier alpha value is -4.42. The molecule has 6 heteroatoms. The van der Waals surface area contributed by atoms with Gasteiger partial charge < -0.3 is 14.9 Å². The van der Waals surface area contributed by atoms with Gasteiger partial charge in [0.05, 0.1) is 11.7 Å². The molecule has 0 aliphatic carbocycles. The fraction of sp³-hybridized carbons (Fsp3) is 0.133. The standard InChI is InChI=1S/C30H26N4O2/c1-19-25-14-21(11-12-27(25)34-33-19)26-16-24(35-18-23(31)13-20-7-3-2-4-8-20)17-32-30(26)29-15-22-9-5-6-10-28(22)36-29/h2-12,14-17,23H,13,18,31H2,1H3,(H,33,34)/t23-/m0/s1. The topological polar surface area (TPSA) is 90.0 Å². The van der Waals surface area contributed by atoms with Gasteiger partial charge in [-0.1, -0.05) is 54.6 Å². The Morgan fingerprint density at radius 2 is 1.81 bits per heavy atom. The van der Waals surface area contributed by atoms with Crippen LogP contribution in [0.25, 0.3) is 44.5 Å². The molecular weight excluding hydrogens is 448 g/mol. The average Bonchev–Trinajstić information content (AvgIpc) is 3.51. The predicted octanol–water partition coefficient (Wildman–Crippen LogP) is 6.30. The molecule has 6 aromatic rings. The fourth-order valence-corrected chi connectivity index (χ4v) is 4.52. The van der Waals surface area contributed by atoms with Crippen molar-refractivity contribution in [1.29, 1.82) is 0 Å². The van der Waals surface area contributed by atoms with Crippen LogP contribution in [0.1, 0.15) is 11.3 Å².